The predicted molar refractivity (Wildman–Crippen MR) is 95.4 cm³/mol. The van der Waals surface area contributed by atoms with Crippen LogP contribution in [-0.4, -0.2) is 22.0 Å². The number of aromatic nitrogens is 1. The molecule has 0 aliphatic heterocycles. The average molecular weight is 387 g/mol. The van der Waals surface area contributed by atoms with E-state index < -0.39 is 22.9 Å². The van der Waals surface area contributed by atoms with Crippen molar-refractivity contribution in [2.24, 2.45) is 0 Å². The van der Waals surface area contributed by atoms with E-state index >= 15 is 0 Å². The Labute approximate surface area is 156 Å². The van der Waals surface area contributed by atoms with E-state index in [1.54, 1.807) is 37.3 Å². The minimum absolute atomic E-state index is 0.0210. The Balaban J connectivity index is 1.82. The molecule has 0 saturated carbocycles. The lowest BCUT2D eigenvalue weighted by Gasteiger charge is -2.16. The highest BCUT2D eigenvalue weighted by molar-refractivity contribution is 7.17. The number of ether oxygens (including phenoxy) is 1. The van der Waals surface area contributed by atoms with E-state index in [-0.39, 0.29) is 15.7 Å². The first-order valence-corrected chi connectivity index (χ1v) is 8.50. The summed E-state index contributed by atoms with van der Waals surface area (Å²) in [4.78, 5) is 35.2. The molecular weight excluding hydrogens is 374 g/mol. The van der Waals surface area contributed by atoms with Gasteiger partial charge in [0.1, 0.15) is 10.6 Å². The van der Waals surface area contributed by atoms with Gasteiger partial charge in [-0.25, -0.2) is 4.79 Å². The van der Waals surface area contributed by atoms with Crippen LogP contribution >= 0.6 is 11.3 Å². The van der Waals surface area contributed by atoms with E-state index in [0.717, 1.165) is 0 Å². The van der Waals surface area contributed by atoms with Crippen LogP contribution in [0.4, 0.5) is 10.8 Å². The summed E-state index contributed by atoms with van der Waals surface area (Å²) in [5, 5.41) is 16.8. The summed E-state index contributed by atoms with van der Waals surface area (Å²) in [6, 6.07) is 12.4. The first-order valence-electron chi connectivity index (χ1n) is 7.68. The van der Waals surface area contributed by atoms with Crippen LogP contribution < -0.4 is 5.32 Å². The third kappa shape index (κ3) is 4.36. The summed E-state index contributed by atoms with van der Waals surface area (Å²) in [5.74, 6) is -0.784. The van der Waals surface area contributed by atoms with Crippen molar-refractivity contribution in [2.75, 3.05) is 5.32 Å². The number of amides is 1. The van der Waals surface area contributed by atoms with Gasteiger partial charge in [0.25, 0.3) is 5.91 Å². The van der Waals surface area contributed by atoms with Crippen LogP contribution in [0.2, 0.25) is 0 Å². The molecule has 27 heavy (non-hydrogen) atoms. The summed E-state index contributed by atoms with van der Waals surface area (Å²) in [7, 11) is 0. The van der Waals surface area contributed by atoms with Crippen molar-refractivity contribution >= 4 is 34.0 Å². The average Bonchev–Trinajstić information content (AvgIpc) is 3.29. The second kappa shape index (κ2) is 7.79. The number of rotatable bonds is 6. The maximum Gasteiger partial charge on any atom is 0.349 e. The van der Waals surface area contributed by atoms with Gasteiger partial charge in [-0.05, 0) is 13.0 Å². The maximum absolute atomic E-state index is 12.6. The van der Waals surface area contributed by atoms with Crippen LogP contribution in [0.15, 0.2) is 53.1 Å². The standard InChI is InChI=1S/C17H13N3O6S/c1-10-9-13(19-26-10)18-16(21)15(11-5-3-2-4-6-11)25-17(22)12-7-8-14(27-12)20(23)24/h2-9,15H,1H3,(H,18,19,21). The van der Waals surface area contributed by atoms with Gasteiger partial charge in [-0.1, -0.05) is 46.8 Å². The molecule has 2 aromatic heterocycles. The van der Waals surface area contributed by atoms with Crippen LogP contribution in [0, 0.1) is 17.0 Å². The SMILES string of the molecule is Cc1cc(NC(=O)C(OC(=O)c2ccc([N+](=O)[O-])s2)c2ccccc2)no1. The molecule has 0 spiro atoms. The zero-order chi connectivity index (χ0) is 19.4. The van der Waals surface area contributed by atoms with Gasteiger partial charge in [0.05, 0.1) is 4.92 Å². The first kappa shape index (κ1) is 18.3. The van der Waals surface area contributed by atoms with E-state index in [2.05, 4.69) is 10.5 Å². The van der Waals surface area contributed by atoms with Crippen molar-refractivity contribution in [3.05, 3.63) is 74.8 Å². The fourth-order valence-corrected chi connectivity index (χ4v) is 2.92. The maximum atomic E-state index is 12.6. The van der Waals surface area contributed by atoms with Gasteiger partial charge in [0.2, 0.25) is 6.10 Å². The van der Waals surface area contributed by atoms with Crippen molar-refractivity contribution in [2.45, 2.75) is 13.0 Å². The van der Waals surface area contributed by atoms with Crippen molar-refractivity contribution in [1.82, 2.24) is 5.16 Å². The Morgan fingerprint density at radius 2 is 2.00 bits per heavy atom. The normalized spacial score (nSPS) is 11.6. The topological polar surface area (TPSA) is 125 Å². The van der Waals surface area contributed by atoms with Crippen molar-refractivity contribution < 1.29 is 23.8 Å². The van der Waals surface area contributed by atoms with Gasteiger partial charge in [0.15, 0.2) is 5.82 Å². The molecule has 138 valence electrons. The molecule has 0 saturated heterocycles. The van der Waals surface area contributed by atoms with Crippen molar-refractivity contribution in [1.29, 1.82) is 0 Å². The number of nitro groups is 1. The Morgan fingerprint density at radius 3 is 2.59 bits per heavy atom. The van der Waals surface area contributed by atoms with Crippen LogP contribution in [0.5, 0.6) is 0 Å². The van der Waals surface area contributed by atoms with Crippen LogP contribution in [0.25, 0.3) is 0 Å². The molecule has 0 radical (unpaired) electrons. The highest BCUT2D eigenvalue weighted by Crippen LogP contribution is 2.27. The number of esters is 1. The number of nitrogens with zero attached hydrogens (tertiary/aromatic N) is 2. The first-order chi connectivity index (χ1) is 12.9. The van der Waals surface area contributed by atoms with Crippen LogP contribution in [0.1, 0.15) is 27.1 Å². The van der Waals surface area contributed by atoms with Crippen LogP contribution in [-0.2, 0) is 9.53 Å². The molecule has 0 fully saturated rings. The highest BCUT2D eigenvalue weighted by atomic mass is 32.1. The van der Waals surface area contributed by atoms with E-state index in [4.69, 9.17) is 9.26 Å². The molecule has 1 aromatic carbocycles. The third-order valence-corrected chi connectivity index (χ3v) is 4.43. The number of nitrogens with one attached hydrogen (secondary N) is 1. The molecule has 10 heteroatoms. The quantitative estimate of drug-likeness (QED) is 0.390. The zero-order valence-corrected chi connectivity index (χ0v) is 14.8. The van der Waals surface area contributed by atoms with Gasteiger partial charge in [-0.3, -0.25) is 14.9 Å². The summed E-state index contributed by atoms with van der Waals surface area (Å²) in [6.07, 6.45) is -1.27. The fourth-order valence-electron chi connectivity index (χ4n) is 2.22. The molecule has 0 aliphatic rings. The molecule has 3 rings (SSSR count). The monoisotopic (exact) mass is 387 g/mol. The van der Waals surface area contributed by atoms with E-state index in [0.29, 0.717) is 22.7 Å². The summed E-state index contributed by atoms with van der Waals surface area (Å²) >= 11 is 0.673. The zero-order valence-electron chi connectivity index (χ0n) is 13.9. The Morgan fingerprint density at radius 1 is 1.26 bits per heavy atom. The molecule has 0 aliphatic carbocycles. The number of carbonyl (C=O) groups excluding carboxylic acids is 2. The largest absolute Gasteiger partial charge is 0.443 e. The number of hydrogen-bond donors (Lipinski definition) is 1. The summed E-state index contributed by atoms with van der Waals surface area (Å²) in [6.45, 7) is 1.67. The van der Waals surface area contributed by atoms with E-state index in [1.165, 1.54) is 18.2 Å². The number of hydrogen-bond acceptors (Lipinski definition) is 8. The van der Waals surface area contributed by atoms with Crippen molar-refractivity contribution in [3.8, 4) is 0 Å². The number of thiophene rings is 1. The molecule has 1 atom stereocenters. The Bertz CT molecular complexity index is 981. The number of anilines is 1. The number of carbonyl (C=O) groups is 2. The van der Waals surface area contributed by atoms with Gasteiger partial charge in [-0.2, -0.15) is 0 Å². The Kier molecular flexibility index (Phi) is 5.27. The van der Waals surface area contributed by atoms with Gasteiger partial charge in [-0.15, -0.1) is 0 Å². The lowest BCUT2D eigenvalue weighted by Crippen LogP contribution is -2.25. The molecule has 1 N–H and O–H groups in total. The Hall–Kier alpha value is -3.53. The summed E-state index contributed by atoms with van der Waals surface area (Å²) < 4.78 is 10.2. The molecule has 1 unspecified atom stereocenters. The molecule has 3 aromatic rings. The molecule has 9 nitrogen and oxygen atoms in total. The van der Waals surface area contributed by atoms with Gasteiger partial charge in [0, 0.05) is 17.7 Å². The molecular formula is C17H13N3O6S. The minimum Gasteiger partial charge on any atom is -0.443 e. The van der Waals surface area contributed by atoms with E-state index in [1.807, 2.05) is 0 Å². The second-order valence-corrected chi connectivity index (χ2v) is 6.47. The fraction of sp³-hybridized carbons (Fsp3) is 0.118. The highest BCUT2D eigenvalue weighted by Gasteiger charge is 2.28. The smallest absolute Gasteiger partial charge is 0.349 e. The lowest BCUT2D eigenvalue weighted by atomic mass is 10.1. The molecule has 2 heterocycles. The van der Waals surface area contributed by atoms with Crippen LogP contribution in [0.3, 0.4) is 0 Å². The minimum atomic E-state index is -1.27. The number of benzene rings is 1. The van der Waals surface area contributed by atoms with Crippen molar-refractivity contribution in [3.63, 3.8) is 0 Å². The predicted octanol–water partition coefficient (Wildman–Crippen LogP) is 3.49. The van der Waals surface area contributed by atoms with E-state index in [9.17, 15) is 19.7 Å². The molecule has 1 amide bonds. The van der Waals surface area contributed by atoms with Gasteiger partial charge < -0.3 is 14.6 Å². The number of aryl methyl sites for hydroxylation is 1. The molecule has 0 bridgehead atoms. The second-order valence-electron chi connectivity index (χ2n) is 5.40. The van der Waals surface area contributed by atoms with Gasteiger partial charge >= 0.3 is 11.0 Å². The lowest BCUT2D eigenvalue weighted by molar-refractivity contribution is -0.380. The summed E-state index contributed by atoms with van der Waals surface area (Å²) in [5.41, 5.74) is 0.439. The third-order valence-electron chi connectivity index (χ3n) is 3.42.